The molecule has 0 aromatic rings. The van der Waals surface area contributed by atoms with Gasteiger partial charge in [0.2, 0.25) is 0 Å². The quantitative estimate of drug-likeness (QED) is 0.266. The van der Waals surface area contributed by atoms with Gasteiger partial charge in [-0.1, -0.05) is 0 Å². The van der Waals surface area contributed by atoms with Gasteiger partial charge in [-0.15, -0.1) is 0 Å². The Morgan fingerprint density at radius 2 is 1.40 bits per heavy atom. The van der Waals surface area contributed by atoms with Crippen molar-refractivity contribution in [3.05, 3.63) is 6.57 Å². The standard InChI is InChI=1S/CN.Fe.K.Mg.3H/c1-2;;;;;;/q-1;;+1;+2;3*-1. The molecule has 0 saturated heterocycles. The van der Waals surface area contributed by atoms with Crippen LogP contribution in [0.4, 0.5) is 0 Å². The maximum absolute atomic E-state index is 6.25. The molecular formula is CH3FeKMgN-. The number of hydrogen-bond acceptors (Lipinski definition) is 1. The van der Waals surface area contributed by atoms with Crippen molar-refractivity contribution >= 4 is 23.1 Å². The average Bonchev–Trinajstić information content (AvgIpc) is 1.00. The molecule has 0 aliphatic rings. The molecule has 1 nitrogen and oxygen atoms in total. The summed E-state index contributed by atoms with van der Waals surface area (Å²) in [5, 5.41) is 6.25. The first kappa shape index (κ1) is 26.2. The monoisotopic (exact) mass is 148 g/mol. The van der Waals surface area contributed by atoms with Gasteiger partial charge in [0, 0.05) is 17.1 Å². The predicted molar refractivity (Wildman–Crippen MR) is 14.1 cm³/mol. The third kappa shape index (κ3) is 21.5. The maximum Gasteiger partial charge on any atom is 2.00 e. The minimum Gasteiger partial charge on any atom is -1.00 e. The van der Waals surface area contributed by atoms with Crippen molar-refractivity contribution < 1.29 is 72.7 Å². The summed E-state index contributed by atoms with van der Waals surface area (Å²) in [7, 11) is 0. The Balaban J connectivity index is -0.000000000333. The van der Waals surface area contributed by atoms with Crippen LogP contribution in [0.5, 0.6) is 0 Å². The van der Waals surface area contributed by atoms with Gasteiger partial charge in [-0.3, -0.25) is 0 Å². The molecule has 0 spiro atoms. The molecule has 0 aromatic heterocycles. The molecule has 0 saturated carbocycles. The maximum atomic E-state index is 6.25. The van der Waals surface area contributed by atoms with E-state index in [1.165, 1.54) is 0 Å². The Morgan fingerprint density at radius 1 is 1.40 bits per heavy atom. The van der Waals surface area contributed by atoms with Crippen LogP contribution in [0.3, 0.4) is 0 Å². The molecule has 0 aromatic carbocycles. The molecule has 0 heterocycles. The van der Waals surface area contributed by atoms with Crippen molar-refractivity contribution in [2.24, 2.45) is 0 Å². The number of nitrogens with zero attached hydrogens (tertiary/aromatic N) is 1. The van der Waals surface area contributed by atoms with E-state index in [1.54, 1.807) is 0 Å². The Bertz CT molecular complexity index is 24.0. The second kappa shape index (κ2) is 32.3. The smallest absolute Gasteiger partial charge is 1.00 e. The van der Waals surface area contributed by atoms with Crippen molar-refractivity contribution in [2.75, 3.05) is 0 Å². The van der Waals surface area contributed by atoms with Crippen molar-refractivity contribution in [3.8, 4) is 0 Å². The Kier molecular flexibility index (Phi) is 169. The molecule has 0 atom stereocenters. The molecule has 0 amide bonds. The van der Waals surface area contributed by atoms with Gasteiger partial charge in [-0.05, 0) is 0 Å². The van der Waals surface area contributed by atoms with Crippen LogP contribution in [-0.2, 0) is 17.1 Å². The third-order valence-corrected chi connectivity index (χ3v) is 0. The molecule has 24 valence electrons. The third-order valence-electron chi connectivity index (χ3n) is 0. The summed E-state index contributed by atoms with van der Waals surface area (Å²) in [5.74, 6) is 0. The molecule has 0 aliphatic heterocycles. The first-order valence-corrected chi connectivity index (χ1v) is 0.224. The molecule has 0 rings (SSSR count). The Labute approximate surface area is 105 Å². The van der Waals surface area contributed by atoms with E-state index in [9.17, 15) is 0 Å². The topological polar surface area (TPSA) is 23.8 Å². The van der Waals surface area contributed by atoms with Crippen LogP contribution >= 0.6 is 0 Å². The summed E-state index contributed by atoms with van der Waals surface area (Å²) < 4.78 is 0. The minimum absolute atomic E-state index is 0. The van der Waals surface area contributed by atoms with Crippen LogP contribution in [0, 0.1) is 11.8 Å². The fourth-order valence-electron chi connectivity index (χ4n) is 0. The average molecular weight is 148 g/mol. The summed E-state index contributed by atoms with van der Waals surface area (Å²) in [6, 6.07) is 0. The molecule has 0 N–H and O–H groups in total. The molecule has 5 heavy (non-hydrogen) atoms. The van der Waals surface area contributed by atoms with Crippen LogP contribution in [0.25, 0.3) is 0 Å². The van der Waals surface area contributed by atoms with Gasteiger partial charge < -0.3 is 16.1 Å². The van der Waals surface area contributed by atoms with Gasteiger partial charge >= 0.3 is 74.4 Å². The van der Waals surface area contributed by atoms with Crippen LogP contribution in [-0.4, -0.2) is 23.1 Å². The van der Waals surface area contributed by atoms with Crippen molar-refractivity contribution in [2.45, 2.75) is 0 Å². The molecule has 0 aliphatic carbocycles. The van der Waals surface area contributed by atoms with Gasteiger partial charge in [0.1, 0.15) is 0 Å². The predicted octanol–water partition coefficient (Wildman–Crippen LogP) is -2.95. The van der Waals surface area contributed by atoms with Crippen LogP contribution in [0.2, 0.25) is 0 Å². The zero-order valence-corrected chi connectivity index (χ0v) is 8.65. The van der Waals surface area contributed by atoms with Crippen LogP contribution in [0.1, 0.15) is 4.28 Å². The summed E-state index contributed by atoms with van der Waals surface area (Å²) in [6.45, 7) is 4.75. The zero-order valence-electron chi connectivity index (χ0n) is 6.01. The van der Waals surface area contributed by atoms with Gasteiger partial charge in [0.05, 0.1) is 0 Å². The fourth-order valence-corrected chi connectivity index (χ4v) is 0. The summed E-state index contributed by atoms with van der Waals surface area (Å²) in [6.07, 6.45) is 0. The number of hydrogen-bond donors (Lipinski definition) is 0. The number of rotatable bonds is 0. The van der Waals surface area contributed by atoms with Crippen LogP contribution < -0.4 is 51.4 Å². The summed E-state index contributed by atoms with van der Waals surface area (Å²) in [4.78, 5) is 0. The van der Waals surface area contributed by atoms with Gasteiger partial charge in [-0.25, -0.2) is 0 Å². The first-order valence-electron chi connectivity index (χ1n) is 0.224. The van der Waals surface area contributed by atoms with Crippen molar-refractivity contribution in [3.63, 3.8) is 0 Å². The summed E-state index contributed by atoms with van der Waals surface area (Å²) in [5.41, 5.74) is 0. The minimum atomic E-state index is 0. The fraction of sp³-hybridized carbons (Fsp3) is 0. The SMILES string of the molecule is [C-]#N.[Fe].[H-].[H-].[H-].[K+].[Mg+2]. The normalized spacial score (nSPS) is 0.400. The molecule has 4 heteroatoms. The van der Waals surface area contributed by atoms with Crippen LogP contribution in [0.15, 0.2) is 0 Å². The Hall–Kier alpha value is 2.41. The van der Waals surface area contributed by atoms with E-state index in [1.807, 2.05) is 0 Å². The summed E-state index contributed by atoms with van der Waals surface area (Å²) >= 11 is 0. The second-order valence-electron chi connectivity index (χ2n) is 0. The van der Waals surface area contributed by atoms with Gasteiger partial charge in [0.15, 0.2) is 0 Å². The zero-order chi connectivity index (χ0) is 2.00. The molecule has 0 radical (unpaired) electrons. The molecule has 0 fully saturated rings. The van der Waals surface area contributed by atoms with E-state index < -0.39 is 0 Å². The molecule has 0 unspecified atom stereocenters. The van der Waals surface area contributed by atoms with Crippen molar-refractivity contribution in [1.29, 1.82) is 5.26 Å². The van der Waals surface area contributed by atoms with Crippen molar-refractivity contribution in [1.82, 2.24) is 0 Å². The Morgan fingerprint density at radius 3 is 1.40 bits per heavy atom. The van der Waals surface area contributed by atoms with E-state index >= 15 is 0 Å². The van der Waals surface area contributed by atoms with E-state index in [2.05, 4.69) is 0 Å². The second-order valence-corrected chi connectivity index (χ2v) is 0. The first-order chi connectivity index (χ1) is 1.00. The largest absolute Gasteiger partial charge is 2.00 e. The van der Waals surface area contributed by atoms with Gasteiger partial charge in [-0.2, -0.15) is 0 Å². The molecular weight excluding hydrogens is 145 g/mol. The molecule has 0 bridgehead atoms. The van der Waals surface area contributed by atoms with Gasteiger partial charge in [0.25, 0.3) is 0 Å². The van der Waals surface area contributed by atoms with E-state index in [-0.39, 0.29) is 95.8 Å². The van der Waals surface area contributed by atoms with E-state index in [4.69, 9.17) is 11.8 Å². The van der Waals surface area contributed by atoms with E-state index in [0.29, 0.717) is 0 Å². The van der Waals surface area contributed by atoms with E-state index in [0.717, 1.165) is 0 Å².